The summed E-state index contributed by atoms with van der Waals surface area (Å²) in [7, 11) is -3.25. The van der Waals surface area contributed by atoms with Crippen molar-refractivity contribution in [1.29, 1.82) is 0 Å². The van der Waals surface area contributed by atoms with E-state index in [1.54, 1.807) is 13.8 Å². The molecule has 0 radical (unpaired) electrons. The summed E-state index contributed by atoms with van der Waals surface area (Å²) in [4.78, 5) is 10.9. The first-order valence-corrected chi connectivity index (χ1v) is 8.30. The molecule has 0 aliphatic carbocycles. The number of likely N-dealkylation sites (N-methyl/N-ethyl adjacent to an activating group) is 1. The van der Waals surface area contributed by atoms with Crippen LogP contribution in [0.1, 0.15) is 19.4 Å². The van der Waals surface area contributed by atoms with Crippen molar-refractivity contribution >= 4 is 27.5 Å². The van der Waals surface area contributed by atoms with Crippen molar-refractivity contribution in [2.75, 3.05) is 13.6 Å². The number of rotatable bonds is 5. The standard InChI is InChI=1S/C13H16ClF3N2O3S/c1-8(2)18-12(20)7-19(3)23(21,22)11-6-9(13(15,16)17)4-5-10(11)14/h4-6,8H,7H2,1-3H3,(H,18,20). The molecule has 130 valence electrons. The van der Waals surface area contributed by atoms with Gasteiger partial charge < -0.3 is 5.32 Å². The normalized spacial score (nSPS) is 12.7. The highest BCUT2D eigenvalue weighted by Crippen LogP contribution is 2.34. The van der Waals surface area contributed by atoms with E-state index in [2.05, 4.69) is 5.32 Å². The van der Waals surface area contributed by atoms with Crippen molar-refractivity contribution in [3.63, 3.8) is 0 Å². The number of carbonyl (C=O) groups is 1. The molecule has 0 saturated carbocycles. The molecule has 23 heavy (non-hydrogen) atoms. The number of carbonyl (C=O) groups excluding carboxylic acids is 1. The Bertz CT molecular complexity index is 690. The molecule has 1 N–H and O–H groups in total. The smallest absolute Gasteiger partial charge is 0.353 e. The van der Waals surface area contributed by atoms with Crippen LogP contribution >= 0.6 is 11.6 Å². The third-order valence-electron chi connectivity index (χ3n) is 2.76. The average molecular weight is 373 g/mol. The fourth-order valence-electron chi connectivity index (χ4n) is 1.70. The molecule has 1 amide bonds. The molecule has 1 aromatic carbocycles. The monoisotopic (exact) mass is 372 g/mol. The lowest BCUT2D eigenvalue weighted by atomic mass is 10.2. The van der Waals surface area contributed by atoms with Crippen molar-refractivity contribution in [2.24, 2.45) is 0 Å². The number of amides is 1. The molecule has 0 aliphatic heterocycles. The van der Waals surface area contributed by atoms with Gasteiger partial charge in [-0.3, -0.25) is 4.79 Å². The lowest BCUT2D eigenvalue weighted by Gasteiger charge is -2.19. The Morgan fingerprint density at radius 3 is 2.39 bits per heavy atom. The number of nitrogens with zero attached hydrogens (tertiary/aromatic N) is 1. The lowest BCUT2D eigenvalue weighted by Crippen LogP contribution is -2.40. The average Bonchev–Trinajstić information content (AvgIpc) is 2.36. The van der Waals surface area contributed by atoms with Crippen LogP contribution in [0.25, 0.3) is 0 Å². The first-order valence-electron chi connectivity index (χ1n) is 6.48. The third kappa shape index (κ3) is 5.08. The molecule has 0 fully saturated rings. The molecule has 0 atom stereocenters. The van der Waals surface area contributed by atoms with E-state index >= 15 is 0 Å². The van der Waals surface area contributed by atoms with Crippen molar-refractivity contribution in [3.05, 3.63) is 28.8 Å². The van der Waals surface area contributed by atoms with Crippen molar-refractivity contribution in [3.8, 4) is 0 Å². The SMILES string of the molecule is CC(C)NC(=O)CN(C)S(=O)(=O)c1cc(C(F)(F)F)ccc1Cl. The van der Waals surface area contributed by atoms with Gasteiger partial charge in [0.1, 0.15) is 4.90 Å². The Morgan fingerprint density at radius 1 is 1.35 bits per heavy atom. The molecule has 0 unspecified atom stereocenters. The summed E-state index contributed by atoms with van der Waals surface area (Å²) >= 11 is 5.72. The summed E-state index contributed by atoms with van der Waals surface area (Å²) in [6.07, 6.45) is -4.71. The van der Waals surface area contributed by atoms with Gasteiger partial charge in [0.25, 0.3) is 0 Å². The second-order valence-corrected chi connectivity index (χ2v) is 7.55. The molecule has 1 aromatic rings. The van der Waals surface area contributed by atoms with Crippen LogP contribution in [0.2, 0.25) is 5.02 Å². The number of hydrogen-bond donors (Lipinski definition) is 1. The van der Waals surface area contributed by atoms with Gasteiger partial charge in [0.2, 0.25) is 15.9 Å². The van der Waals surface area contributed by atoms with E-state index in [-0.39, 0.29) is 11.1 Å². The molecule has 0 aliphatic rings. The fourth-order valence-corrected chi connectivity index (χ4v) is 3.32. The van der Waals surface area contributed by atoms with E-state index in [1.165, 1.54) is 0 Å². The zero-order valence-electron chi connectivity index (χ0n) is 12.6. The van der Waals surface area contributed by atoms with Crippen molar-refractivity contribution in [2.45, 2.75) is 31.0 Å². The van der Waals surface area contributed by atoms with Gasteiger partial charge in [0, 0.05) is 13.1 Å². The number of halogens is 4. The molecular weight excluding hydrogens is 357 g/mol. The maximum absolute atomic E-state index is 12.7. The van der Waals surface area contributed by atoms with E-state index in [1.807, 2.05) is 0 Å². The molecule has 0 saturated heterocycles. The molecule has 10 heteroatoms. The van der Waals surface area contributed by atoms with Gasteiger partial charge in [-0.15, -0.1) is 0 Å². The zero-order valence-corrected chi connectivity index (χ0v) is 14.2. The van der Waals surface area contributed by atoms with Gasteiger partial charge >= 0.3 is 6.18 Å². The van der Waals surface area contributed by atoms with Gasteiger partial charge in [-0.05, 0) is 32.0 Å². The summed E-state index contributed by atoms with van der Waals surface area (Å²) in [5.41, 5.74) is -1.14. The van der Waals surface area contributed by atoms with Crippen molar-refractivity contribution in [1.82, 2.24) is 9.62 Å². The Hall–Kier alpha value is -1.32. The minimum absolute atomic E-state index is 0.198. The number of nitrogens with one attached hydrogen (secondary N) is 1. The van der Waals surface area contributed by atoms with Crippen LogP contribution in [0.3, 0.4) is 0 Å². The lowest BCUT2D eigenvalue weighted by molar-refractivity contribution is -0.137. The largest absolute Gasteiger partial charge is 0.416 e. The summed E-state index contributed by atoms with van der Waals surface area (Å²) < 4.78 is 63.5. The Balaban J connectivity index is 3.15. The highest BCUT2D eigenvalue weighted by Gasteiger charge is 2.34. The summed E-state index contributed by atoms with van der Waals surface area (Å²) in [6, 6.07) is 1.80. The summed E-state index contributed by atoms with van der Waals surface area (Å²) in [5, 5.41) is 2.14. The van der Waals surface area contributed by atoms with Crippen molar-refractivity contribution < 1.29 is 26.4 Å². The molecule has 0 aromatic heterocycles. The molecule has 1 rings (SSSR count). The van der Waals surface area contributed by atoms with Gasteiger partial charge in [0.15, 0.2) is 0 Å². The minimum atomic E-state index is -4.71. The second-order valence-electron chi connectivity index (χ2n) is 5.13. The van der Waals surface area contributed by atoms with Gasteiger partial charge in [0.05, 0.1) is 17.1 Å². The zero-order chi connectivity index (χ0) is 18.0. The van der Waals surface area contributed by atoms with E-state index in [0.717, 1.165) is 13.1 Å². The topological polar surface area (TPSA) is 66.5 Å². The minimum Gasteiger partial charge on any atom is -0.353 e. The van der Waals surface area contributed by atoms with Crippen LogP contribution in [0.4, 0.5) is 13.2 Å². The predicted octanol–water partition coefficient (Wildman–Crippen LogP) is 2.50. The maximum atomic E-state index is 12.7. The molecule has 5 nitrogen and oxygen atoms in total. The van der Waals surface area contributed by atoms with Crippen LogP contribution in [0.5, 0.6) is 0 Å². The van der Waals surface area contributed by atoms with Gasteiger partial charge in [-0.25, -0.2) is 8.42 Å². The Kier molecular flexibility index (Phi) is 6.06. The van der Waals surface area contributed by atoms with Crippen LogP contribution < -0.4 is 5.32 Å². The van der Waals surface area contributed by atoms with E-state index in [9.17, 15) is 26.4 Å². The quantitative estimate of drug-likeness (QED) is 0.863. The third-order valence-corrected chi connectivity index (χ3v) is 5.05. The predicted molar refractivity (Wildman–Crippen MR) is 79.5 cm³/mol. The molecule has 0 heterocycles. The first kappa shape index (κ1) is 19.7. The fraction of sp³-hybridized carbons (Fsp3) is 0.462. The summed E-state index contributed by atoms with van der Waals surface area (Å²) in [5.74, 6) is -0.575. The Labute approximate surface area is 137 Å². The van der Waals surface area contributed by atoms with Gasteiger partial charge in [-0.2, -0.15) is 17.5 Å². The number of alkyl halides is 3. The number of sulfonamides is 1. The molecule has 0 bridgehead atoms. The number of hydrogen-bond acceptors (Lipinski definition) is 3. The Morgan fingerprint density at radius 2 is 1.91 bits per heavy atom. The highest BCUT2D eigenvalue weighted by molar-refractivity contribution is 7.89. The molecule has 0 spiro atoms. The summed E-state index contributed by atoms with van der Waals surface area (Å²) in [6.45, 7) is 2.85. The highest BCUT2D eigenvalue weighted by atomic mass is 35.5. The van der Waals surface area contributed by atoms with E-state index in [4.69, 9.17) is 11.6 Å². The second kappa shape index (κ2) is 7.06. The van der Waals surface area contributed by atoms with Crippen LogP contribution in [-0.2, 0) is 21.0 Å². The first-order chi connectivity index (χ1) is 10.4. The number of benzene rings is 1. The van der Waals surface area contributed by atoms with Crippen LogP contribution in [0.15, 0.2) is 23.1 Å². The van der Waals surface area contributed by atoms with E-state index < -0.39 is 39.1 Å². The van der Waals surface area contributed by atoms with E-state index in [0.29, 0.717) is 16.4 Å². The maximum Gasteiger partial charge on any atom is 0.416 e. The van der Waals surface area contributed by atoms with Crippen LogP contribution in [-0.4, -0.2) is 38.3 Å². The van der Waals surface area contributed by atoms with Crippen LogP contribution in [0, 0.1) is 0 Å². The molecular formula is C13H16ClF3N2O3S. The van der Waals surface area contributed by atoms with Gasteiger partial charge in [-0.1, -0.05) is 11.6 Å².